The van der Waals surface area contributed by atoms with Crippen LogP contribution in [0.5, 0.6) is 0 Å². The molecule has 0 unspecified atom stereocenters. The van der Waals surface area contributed by atoms with E-state index in [0.717, 1.165) is 17.1 Å². The molecule has 8 aromatic carbocycles. The highest BCUT2D eigenvalue weighted by molar-refractivity contribution is 7.33. The van der Waals surface area contributed by atoms with Crippen molar-refractivity contribution in [3.05, 3.63) is 204 Å². The molecule has 3 aliphatic heterocycles. The fraction of sp³-hybridized carbons (Fsp3) is 0.180. The minimum absolute atomic E-state index is 0.00825. The molecule has 0 bridgehead atoms. The van der Waals surface area contributed by atoms with Gasteiger partial charge in [0.1, 0.15) is 0 Å². The molecule has 0 fully saturated rings. The fourth-order valence-corrected chi connectivity index (χ4v) is 13.4. The van der Waals surface area contributed by atoms with Crippen LogP contribution in [0.2, 0.25) is 0 Å². The van der Waals surface area contributed by atoms with Crippen LogP contribution < -0.4 is 30.4 Å². The molecule has 1 aliphatic carbocycles. The van der Waals surface area contributed by atoms with E-state index in [9.17, 15) is 0 Å². The predicted octanol–water partition coefficient (Wildman–Crippen LogP) is 15.1. The maximum absolute atomic E-state index is 2.65. The van der Waals surface area contributed by atoms with E-state index in [1.165, 1.54) is 106 Å². The molecule has 4 heterocycles. The standard InChI is InChI=1S/C61H52BN3S/c1-59(2)31-32-60(3,4)48-38-54-45(37-47(48)59)56-58(66-54)62-50-34-40(39-21-11-7-12-22-39)33-49-57(50)65(51-30-20-19-29-46(51)61(49,5)6)53-36-44(35-52(55(53)62)64(56)43-27-17-10-18-28-43)63(41-23-13-8-14-24-41)42-25-15-9-16-26-42/h7-30,33-38H,31-32H2,1-6H3. The number of hydrogen-bond donors (Lipinski definition) is 0. The summed E-state index contributed by atoms with van der Waals surface area (Å²) in [5, 5.41) is 1.35. The molecule has 0 N–H and O–H groups in total. The number of fused-ring (bicyclic) bond motifs is 9. The van der Waals surface area contributed by atoms with Gasteiger partial charge in [-0.3, -0.25) is 0 Å². The van der Waals surface area contributed by atoms with E-state index >= 15 is 0 Å². The molecule has 0 saturated heterocycles. The summed E-state index contributed by atoms with van der Waals surface area (Å²) >= 11 is 2.03. The molecule has 4 aliphatic rings. The molecule has 0 saturated carbocycles. The summed E-state index contributed by atoms with van der Waals surface area (Å²) in [6.45, 7) is 14.7. The summed E-state index contributed by atoms with van der Waals surface area (Å²) in [6.07, 6.45) is 2.36. The molecule has 0 spiro atoms. The molecule has 13 rings (SSSR count). The number of para-hydroxylation sites is 4. The molecular weight excluding hydrogens is 818 g/mol. The van der Waals surface area contributed by atoms with Crippen molar-refractivity contribution in [2.45, 2.75) is 70.6 Å². The summed E-state index contributed by atoms with van der Waals surface area (Å²) in [4.78, 5) is 7.74. The third kappa shape index (κ3) is 5.62. The highest BCUT2D eigenvalue weighted by Crippen LogP contribution is 2.57. The lowest BCUT2D eigenvalue weighted by Gasteiger charge is -2.49. The Bertz CT molecular complexity index is 3370. The first-order chi connectivity index (χ1) is 32.0. The van der Waals surface area contributed by atoms with Crippen molar-refractivity contribution in [2.24, 2.45) is 0 Å². The van der Waals surface area contributed by atoms with Crippen molar-refractivity contribution in [3.63, 3.8) is 0 Å². The number of anilines is 9. The SMILES string of the molecule is CC1(C)CCC(C)(C)c2cc3c4c(sc3cc21)B1c2cc(-c3ccccc3)cc3c2N(c2ccccc2C3(C)C)c2cc(N(c3ccccc3)c3ccccc3)cc(c21)N4c1ccccc1. The van der Waals surface area contributed by atoms with Crippen molar-refractivity contribution in [1.29, 1.82) is 0 Å². The van der Waals surface area contributed by atoms with Gasteiger partial charge in [0, 0.05) is 54.4 Å². The number of benzene rings is 8. The lowest BCUT2D eigenvalue weighted by molar-refractivity contribution is 0.332. The monoisotopic (exact) mass is 869 g/mol. The average Bonchev–Trinajstić information content (AvgIpc) is 3.71. The lowest BCUT2D eigenvalue weighted by atomic mass is 9.35. The van der Waals surface area contributed by atoms with Crippen LogP contribution in [0.4, 0.5) is 51.2 Å². The summed E-state index contributed by atoms with van der Waals surface area (Å²) in [5.74, 6) is 0. The molecule has 9 aromatic rings. The van der Waals surface area contributed by atoms with Crippen LogP contribution in [0.25, 0.3) is 21.2 Å². The molecule has 320 valence electrons. The summed E-state index contributed by atoms with van der Waals surface area (Å²) in [5.41, 5.74) is 21.7. The third-order valence-electron chi connectivity index (χ3n) is 15.6. The molecule has 1 aromatic heterocycles. The Morgan fingerprint density at radius 1 is 0.470 bits per heavy atom. The van der Waals surface area contributed by atoms with Crippen molar-refractivity contribution in [2.75, 3.05) is 14.7 Å². The van der Waals surface area contributed by atoms with E-state index in [0.29, 0.717) is 0 Å². The van der Waals surface area contributed by atoms with Crippen LogP contribution in [0.15, 0.2) is 182 Å². The Kier molecular flexibility index (Phi) is 8.44. The van der Waals surface area contributed by atoms with Crippen molar-refractivity contribution in [1.82, 2.24) is 0 Å². The van der Waals surface area contributed by atoms with Gasteiger partial charge >= 0.3 is 0 Å². The molecule has 0 amide bonds. The van der Waals surface area contributed by atoms with Gasteiger partial charge in [0.05, 0.1) is 17.1 Å². The minimum atomic E-state index is -0.260. The van der Waals surface area contributed by atoms with Crippen LogP contribution in [-0.4, -0.2) is 6.71 Å². The van der Waals surface area contributed by atoms with Crippen molar-refractivity contribution >= 4 is 95.0 Å². The second kappa shape index (κ2) is 14.1. The normalized spacial score (nSPS) is 16.5. The van der Waals surface area contributed by atoms with Crippen LogP contribution in [-0.2, 0) is 16.2 Å². The molecule has 5 heteroatoms. The van der Waals surface area contributed by atoms with E-state index in [4.69, 9.17) is 0 Å². The highest BCUT2D eigenvalue weighted by Gasteiger charge is 2.50. The van der Waals surface area contributed by atoms with Gasteiger partial charge in [-0.2, -0.15) is 0 Å². The van der Waals surface area contributed by atoms with E-state index in [1.807, 2.05) is 11.3 Å². The van der Waals surface area contributed by atoms with Crippen LogP contribution in [0.1, 0.15) is 76.6 Å². The highest BCUT2D eigenvalue weighted by atomic mass is 32.1. The van der Waals surface area contributed by atoms with Gasteiger partial charge in [0.2, 0.25) is 0 Å². The van der Waals surface area contributed by atoms with E-state index < -0.39 is 0 Å². The topological polar surface area (TPSA) is 9.72 Å². The second-order valence-corrected chi connectivity index (χ2v) is 21.9. The molecule has 66 heavy (non-hydrogen) atoms. The summed E-state index contributed by atoms with van der Waals surface area (Å²) in [7, 11) is 0. The number of rotatable bonds is 5. The fourth-order valence-electron chi connectivity index (χ4n) is 12.1. The first-order valence-electron chi connectivity index (χ1n) is 23.7. The van der Waals surface area contributed by atoms with Gasteiger partial charge in [-0.25, -0.2) is 0 Å². The summed E-state index contributed by atoms with van der Waals surface area (Å²) < 4.78 is 2.79. The largest absolute Gasteiger partial charge is 0.311 e. The van der Waals surface area contributed by atoms with Crippen LogP contribution in [0, 0.1) is 0 Å². The first-order valence-corrected chi connectivity index (χ1v) is 24.5. The van der Waals surface area contributed by atoms with Gasteiger partial charge in [0.15, 0.2) is 0 Å². The van der Waals surface area contributed by atoms with E-state index in [2.05, 4.69) is 238 Å². The number of nitrogens with zero attached hydrogens (tertiary/aromatic N) is 3. The Morgan fingerprint density at radius 3 is 1.68 bits per heavy atom. The predicted molar refractivity (Wildman–Crippen MR) is 283 cm³/mol. The molecule has 3 nitrogen and oxygen atoms in total. The molecular formula is C61H52BN3S. The Hall–Kier alpha value is -6.82. The maximum atomic E-state index is 2.65. The van der Waals surface area contributed by atoms with Gasteiger partial charge in [-0.1, -0.05) is 151 Å². The smallest absolute Gasteiger partial charge is 0.264 e. The van der Waals surface area contributed by atoms with E-state index in [-0.39, 0.29) is 23.0 Å². The zero-order valence-corrected chi connectivity index (χ0v) is 39.4. The minimum Gasteiger partial charge on any atom is -0.311 e. The zero-order valence-electron chi connectivity index (χ0n) is 38.6. The van der Waals surface area contributed by atoms with Crippen LogP contribution in [0.3, 0.4) is 0 Å². The lowest BCUT2D eigenvalue weighted by Crippen LogP contribution is -2.61. The van der Waals surface area contributed by atoms with Gasteiger partial charge in [-0.05, 0) is 141 Å². The second-order valence-electron chi connectivity index (χ2n) is 20.8. The van der Waals surface area contributed by atoms with Crippen LogP contribution >= 0.6 is 11.3 Å². The average molecular weight is 870 g/mol. The quantitative estimate of drug-likeness (QED) is 0.160. The molecule has 0 radical (unpaired) electrons. The van der Waals surface area contributed by atoms with Gasteiger partial charge in [-0.15, -0.1) is 11.3 Å². The number of hydrogen-bond acceptors (Lipinski definition) is 4. The zero-order chi connectivity index (χ0) is 44.7. The van der Waals surface area contributed by atoms with E-state index in [1.54, 1.807) is 0 Å². The Balaban J connectivity index is 1.21. The number of thiophene rings is 1. The van der Waals surface area contributed by atoms with Gasteiger partial charge < -0.3 is 14.7 Å². The Morgan fingerprint density at radius 2 is 1.03 bits per heavy atom. The summed E-state index contributed by atoms with van der Waals surface area (Å²) in [6, 6.07) is 68.5. The van der Waals surface area contributed by atoms with Crippen molar-refractivity contribution in [3.8, 4) is 11.1 Å². The Labute approximate surface area is 393 Å². The third-order valence-corrected chi connectivity index (χ3v) is 16.8. The maximum Gasteiger partial charge on any atom is 0.264 e. The first kappa shape index (κ1) is 39.5. The molecule has 0 atom stereocenters. The van der Waals surface area contributed by atoms with Gasteiger partial charge in [0.25, 0.3) is 6.71 Å². The van der Waals surface area contributed by atoms with Crippen molar-refractivity contribution < 1.29 is 0 Å².